The van der Waals surface area contributed by atoms with Crippen molar-refractivity contribution < 1.29 is 9.53 Å². The Morgan fingerprint density at radius 2 is 2.04 bits per heavy atom. The van der Waals surface area contributed by atoms with Crippen molar-refractivity contribution in [2.45, 2.75) is 72.4 Å². The highest BCUT2D eigenvalue weighted by atomic mass is 16.5. The summed E-state index contributed by atoms with van der Waals surface area (Å²) in [5, 5.41) is 0. The quantitative estimate of drug-likeness (QED) is 0.690. The fourth-order valence-corrected chi connectivity index (χ4v) is 4.15. The Morgan fingerprint density at radius 1 is 1.37 bits per heavy atom. The number of aromatic nitrogens is 1. The molecule has 1 atom stereocenters. The van der Waals surface area contributed by atoms with Gasteiger partial charge >= 0.3 is 0 Å². The van der Waals surface area contributed by atoms with Crippen LogP contribution in [0.25, 0.3) is 0 Å². The lowest BCUT2D eigenvalue weighted by molar-refractivity contribution is -0.133. The highest BCUT2D eigenvalue weighted by Gasteiger charge is 2.26. The zero-order chi connectivity index (χ0) is 20.0. The van der Waals surface area contributed by atoms with E-state index in [2.05, 4.69) is 30.7 Å². The maximum atomic E-state index is 12.5. The Morgan fingerprint density at radius 3 is 2.63 bits per heavy atom. The zero-order valence-electron chi connectivity index (χ0n) is 18.0. The highest BCUT2D eigenvalue weighted by Crippen LogP contribution is 2.26. The van der Waals surface area contributed by atoms with Crippen molar-refractivity contribution in [3.8, 4) is 5.75 Å². The van der Waals surface area contributed by atoms with Gasteiger partial charge in [-0.2, -0.15) is 0 Å². The third-order valence-electron chi connectivity index (χ3n) is 5.93. The molecule has 2 heterocycles. The molecule has 1 unspecified atom stereocenters. The fourth-order valence-electron chi connectivity index (χ4n) is 4.15. The van der Waals surface area contributed by atoms with E-state index in [9.17, 15) is 4.79 Å². The number of carbonyl (C=O) groups is 1. The molecular formula is C22H37N3O2. The second kappa shape index (κ2) is 10.1. The Kier molecular flexibility index (Phi) is 8.08. The highest BCUT2D eigenvalue weighted by molar-refractivity contribution is 5.76. The van der Waals surface area contributed by atoms with Crippen LogP contribution in [0.3, 0.4) is 0 Å². The van der Waals surface area contributed by atoms with E-state index >= 15 is 0 Å². The minimum absolute atomic E-state index is 0.301. The van der Waals surface area contributed by atoms with Crippen molar-refractivity contribution in [2.75, 3.05) is 27.2 Å². The predicted octanol–water partition coefficient (Wildman–Crippen LogP) is 3.96. The molecular weight excluding hydrogens is 338 g/mol. The molecule has 0 N–H and O–H groups in total. The van der Waals surface area contributed by atoms with Gasteiger partial charge in [-0.25, -0.2) is 0 Å². The number of rotatable bonds is 8. The van der Waals surface area contributed by atoms with Crippen molar-refractivity contribution in [3.05, 3.63) is 23.0 Å². The molecule has 1 saturated heterocycles. The monoisotopic (exact) mass is 375 g/mol. The Bertz CT molecular complexity index is 624. The number of ether oxygens (including phenoxy) is 1. The van der Waals surface area contributed by atoms with Gasteiger partial charge in [-0.3, -0.25) is 14.7 Å². The molecule has 0 spiro atoms. The molecule has 5 heteroatoms. The molecule has 1 aromatic rings. The van der Waals surface area contributed by atoms with Crippen molar-refractivity contribution in [2.24, 2.45) is 5.92 Å². The molecule has 1 aliphatic rings. The number of carbonyl (C=O) groups excluding carboxylic acids is 1. The van der Waals surface area contributed by atoms with Crippen LogP contribution in [0.2, 0.25) is 0 Å². The number of piperidine rings is 1. The number of aryl methyl sites for hydroxylation is 1. The summed E-state index contributed by atoms with van der Waals surface area (Å²) >= 11 is 0. The largest absolute Gasteiger partial charge is 0.496 e. The maximum Gasteiger partial charge on any atom is 0.222 e. The minimum Gasteiger partial charge on any atom is -0.496 e. The van der Waals surface area contributed by atoms with Gasteiger partial charge in [0.1, 0.15) is 5.75 Å². The van der Waals surface area contributed by atoms with Gasteiger partial charge in [0.05, 0.1) is 12.8 Å². The van der Waals surface area contributed by atoms with Crippen LogP contribution >= 0.6 is 0 Å². The number of likely N-dealkylation sites (tertiary alicyclic amines) is 1. The molecule has 27 heavy (non-hydrogen) atoms. The molecule has 2 rings (SSSR count). The van der Waals surface area contributed by atoms with Crippen LogP contribution in [-0.4, -0.2) is 54.0 Å². The molecule has 1 aliphatic heterocycles. The smallest absolute Gasteiger partial charge is 0.222 e. The normalized spacial score (nSPS) is 17.0. The van der Waals surface area contributed by atoms with Crippen LogP contribution in [-0.2, 0) is 11.3 Å². The summed E-state index contributed by atoms with van der Waals surface area (Å²) in [6.45, 7) is 11.3. The third-order valence-corrected chi connectivity index (χ3v) is 5.93. The lowest BCUT2D eigenvalue weighted by Crippen LogP contribution is -2.45. The van der Waals surface area contributed by atoms with E-state index in [0.29, 0.717) is 24.3 Å². The maximum absolute atomic E-state index is 12.5. The summed E-state index contributed by atoms with van der Waals surface area (Å²) in [5.41, 5.74) is 3.31. The van der Waals surface area contributed by atoms with E-state index in [0.717, 1.165) is 67.9 Å². The SMILES string of the molecule is CCCC(C)CC(=O)N(C)C1CCN(Cc2ncc(C)c(OC)c2C)CC1. The van der Waals surface area contributed by atoms with Gasteiger partial charge in [0, 0.05) is 56.5 Å². The molecule has 152 valence electrons. The van der Waals surface area contributed by atoms with E-state index in [1.165, 1.54) is 0 Å². The second-order valence-electron chi connectivity index (χ2n) is 8.16. The van der Waals surface area contributed by atoms with Gasteiger partial charge in [-0.05, 0) is 32.6 Å². The van der Waals surface area contributed by atoms with Crippen molar-refractivity contribution in [1.82, 2.24) is 14.8 Å². The first-order valence-electron chi connectivity index (χ1n) is 10.3. The fraction of sp³-hybridized carbons (Fsp3) is 0.727. The van der Waals surface area contributed by atoms with Crippen LogP contribution in [0.5, 0.6) is 5.75 Å². The molecule has 0 radical (unpaired) electrons. The molecule has 1 aromatic heterocycles. The second-order valence-corrected chi connectivity index (χ2v) is 8.16. The standard InChI is InChI=1S/C22H37N3O2/c1-7-8-16(2)13-21(26)24(5)19-9-11-25(12-10-19)15-20-18(4)22(27-6)17(3)14-23-20/h14,16,19H,7-13,15H2,1-6H3. The molecule has 5 nitrogen and oxygen atoms in total. The summed E-state index contributed by atoms with van der Waals surface area (Å²) < 4.78 is 5.53. The third kappa shape index (κ3) is 5.68. The molecule has 0 bridgehead atoms. The summed E-state index contributed by atoms with van der Waals surface area (Å²) in [6.07, 6.45) is 6.92. The number of pyridine rings is 1. The lowest BCUT2D eigenvalue weighted by Gasteiger charge is -2.37. The van der Waals surface area contributed by atoms with Gasteiger partial charge in [-0.15, -0.1) is 0 Å². The number of nitrogens with zero attached hydrogens (tertiary/aromatic N) is 3. The van der Waals surface area contributed by atoms with Crippen LogP contribution in [0.4, 0.5) is 0 Å². The first-order chi connectivity index (χ1) is 12.9. The average Bonchev–Trinajstić information content (AvgIpc) is 2.64. The Balaban J connectivity index is 1.87. The summed E-state index contributed by atoms with van der Waals surface area (Å²) in [7, 11) is 3.71. The van der Waals surface area contributed by atoms with Gasteiger partial charge in [-0.1, -0.05) is 26.7 Å². The van der Waals surface area contributed by atoms with E-state index in [-0.39, 0.29) is 0 Å². The van der Waals surface area contributed by atoms with Gasteiger partial charge in [0.15, 0.2) is 0 Å². The van der Waals surface area contributed by atoms with Gasteiger partial charge in [0.2, 0.25) is 5.91 Å². The first-order valence-corrected chi connectivity index (χ1v) is 10.3. The van der Waals surface area contributed by atoms with Crippen molar-refractivity contribution in [1.29, 1.82) is 0 Å². The Labute approximate surface area is 165 Å². The topological polar surface area (TPSA) is 45.7 Å². The van der Waals surface area contributed by atoms with E-state index in [1.54, 1.807) is 7.11 Å². The van der Waals surface area contributed by atoms with Crippen LogP contribution < -0.4 is 4.74 Å². The van der Waals surface area contributed by atoms with Crippen LogP contribution in [0.15, 0.2) is 6.20 Å². The summed E-state index contributed by atoms with van der Waals surface area (Å²) in [4.78, 5) is 21.6. The van der Waals surface area contributed by atoms with Crippen molar-refractivity contribution in [3.63, 3.8) is 0 Å². The zero-order valence-corrected chi connectivity index (χ0v) is 18.0. The predicted molar refractivity (Wildman–Crippen MR) is 110 cm³/mol. The number of methoxy groups -OCH3 is 1. The molecule has 1 fully saturated rings. The van der Waals surface area contributed by atoms with Crippen molar-refractivity contribution >= 4 is 5.91 Å². The van der Waals surface area contributed by atoms with Crippen LogP contribution in [0.1, 0.15) is 62.8 Å². The molecule has 0 saturated carbocycles. The minimum atomic E-state index is 0.301. The molecule has 1 amide bonds. The van der Waals surface area contributed by atoms with E-state index in [4.69, 9.17) is 4.74 Å². The van der Waals surface area contributed by atoms with Gasteiger partial charge in [0.25, 0.3) is 0 Å². The molecule has 0 aliphatic carbocycles. The summed E-state index contributed by atoms with van der Waals surface area (Å²) in [5.74, 6) is 1.73. The molecule has 0 aromatic carbocycles. The number of hydrogen-bond acceptors (Lipinski definition) is 4. The van der Waals surface area contributed by atoms with Crippen LogP contribution in [0, 0.1) is 19.8 Å². The average molecular weight is 376 g/mol. The van der Waals surface area contributed by atoms with Gasteiger partial charge < -0.3 is 9.64 Å². The summed E-state index contributed by atoms with van der Waals surface area (Å²) in [6, 6.07) is 0.365. The van der Waals surface area contributed by atoms with E-state index < -0.39 is 0 Å². The number of amides is 1. The number of hydrogen-bond donors (Lipinski definition) is 0. The lowest BCUT2D eigenvalue weighted by atomic mass is 9.99. The van der Waals surface area contributed by atoms with E-state index in [1.807, 2.05) is 25.1 Å². The Hall–Kier alpha value is -1.62. The first kappa shape index (κ1) is 21.7.